The minimum absolute atomic E-state index is 0.0888. The maximum absolute atomic E-state index is 13.9. The highest BCUT2D eigenvalue weighted by Crippen LogP contribution is 2.72. The number of allylic oxidation sites excluding steroid dienone is 1. The highest BCUT2D eigenvalue weighted by atomic mass is 31.2. The molecule has 4 aliphatic carbocycles. The van der Waals surface area contributed by atoms with Crippen LogP contribution in [0, 0.1) is 34.5 Å². The van der Waals surface area contributed by atoms with Gasteiger partial charge in [0.25, 0.3) is 0 Å². The van der Waals surface area contributed by atoms with Gasteiger partial charge in [-0.25, -0.2) is 0 Å². The molecule has 0 bridgehead atoms. The normalized spacial score (nSPS) is 42.4. The average molecular weight is 451 g/mol. The Morgan fingerprint density at radius 2 is 1.77 bits per heavy atom. The predicted molar refractivity (Wildman–Crippen MR) is 121 cm³/mol. The zero-order valence-corrected chi connectivity index (χ0v) is 20.7. The molecule has 0 amide bonds. The van der Waals surface area contributed by atoms with Crippen molar-refractivity contribution >= 4 is 19.2 Å². The Morgan fingerprint density at radius 3 is 2.39 bits per heavy atom. The summed E-state index contributed by atoms with van der Waals surface area (Å²) in [5.74, 6) is 1.49. The minimum Gasteiger partial charge on any atom is -0.309 e. The first-order chi connectivity index (χ1) is 14.6. The second-order valence-electron chi connectivity index (χ2n) is 10.8. The number of fused-ring (bicyclic) bond motifs is 5. The Kier molecular flexibility index (Phi) is 6.20. The first-order valence-electron chi connectivity index (χ1n) is 12.2. The van der Waals surface area contributed by atoms with E-state index in [1.165, 1.54) is 5.57 Å². The van der Waals surface area contributed by atoms with Crippen molar-refractivity contribution in [3.8, 4) is 0 Å². The lowest BCUT2D eigenvalue weighted by atomic mass is 9.46. The van der Waals surface area contributed by atoms with Crippen LogP contribution < -0.4 is 0 Å². The summed E-state index contributed by atoms with van der Waals surface area (Å²) in [5, 5.41) is 0. The van der Waals surface area contributed by atoms with E-state index in [1.54, 1.807) is 6.92 Å². The van der Waals surface area contributed by atoms with Crippen LogP contribution in [-0.2, 0) is 23.2 Å². The molecule has 174 valence electrons. The van der Waals surface area contributed by atoms with E-state index in [4.69, 9.17) is 9.05 Å². The number of hydrogen-bond donors (Lipinski definition) is 0. The number of hydrogen-bond acceptors (Lipinski definition) is 5. The molecule has 0 aromatic rings. The van der Waals surface area contributed by atoms with Crippen molar-refractivity contribution in [2.45, 2.75) is 85.2 Å². The summed E-state index contributed by atoms with van der Waals surface area (Å²) in [5.41, 5.74) is 0.923. The largest absolute Gasteiger partial charge is 0.334 e. The van der Waals surface area contributed by atoms with Gasteiger partial charge >= 0.3 is 7.60 Å². The summed E-state index contributed by atoms with van der Waals surface area (Å²) in [7, 11) is -3.37. The van der Waals surface area contributed by atoms with Crippen LogP contribution >= 0.6 is 7.60 Å². The minimum atomic E-state index is -3.37. The maximum Gasteiger partial charge on any atom is 0.334 e. The molecule has 3 saturated carbocycles. The third-order valence-corrected chi connectivity index (χ3v) is 12.0. The van der Waals surface area contributed by atoms with Gasteiger partial charge in [0.05, 0.1) is 18.9 Å². The number of rotatable bonds is 6. The van der Waals surface area contributed by atoms with Crippen LogP contribution in [-0.4, -0.2) is 30.4 Å². The number of Topliss-reactive ketones (excluding diaryl/α,β-unsaturated/α-hetero) is 1. The standard InChI is InChI=1S/C25H39O5P/c1-6-29-31(28,30-7-2)22-15-21-19-9-8-17-14-18(27)10-12-24(17,4)20(19)11-13-25(21,5)23(22)16(3)26/h14,19-23H,6-13,15H2,1-5H3/t19-,20+,21+,22?,23+,24+,25+/m1/s1. The molecule has 0 aromatic carbocycles. The molecule has 6 heteroatoms. The monoisotopic (exact) mass is 450 g/mol. The Bertz CT molecular complexity index is 824. The fourth-order valence-corrected chi connectivity index (χ4v) is 10.8. The third kappa shape index (κ3) is 3.54. The molecule has 0 aliphatic heterocycles. The summed E-state index contributed by atoms with van der Waals surface area (Å²) in [6.45, 7) is 10.6. The molecule has 0 N–H and O–H groups in total. The molecule has 0 aromatic heterocycles. The SMILES string of the molecule is CCOP(=O)(OCC)C1C[C@H]2[C@@H]3CCC4=CC(=O)CC[C@]4(C)[C@H]3CC[C@]2(C)[C@H]1C(C)=O. The molecule has 31 heavy (non-hydrogen) atoms. The lowest BCUT2D eigenvalue weighted by Crippen LogP contribution is -2.51. The van der Waals surface area contributed by atoms with Gasteiger partial charge in [-0.15, -0.1) is 0 Å². The van der Waals surface area contributed by atoms with Crippen LogP contribution in [0.1, 0.15) is 79.6 Å². The van der Waals surface area contributed by atoms with E-state index in [1.807, 2.05) is 19.9 Å². The van der Waals surface area contributed by atoms with Crippen molar-refractivity contribution < 1.29 is 23.2 Å². The molecule has 0 saturated heterocycles. The Morgan fingerprint density at radius 1 is 1.10 bits per heavy atom. The molecule has 0 spiro atoms. The summed E-state index contributed by atoms with van der Waals surface area (Å²) >= 11 is 0. The smallest absolute Gasteiger partial charge is 0.309 e. The van der Waals surface area contributed by atoms with Crippen LogP contribution in [0.2, 0.25) is 0 Å². The van der Waals surface area contributed by atoms with Crippen LogP contribution in [0.3, 0.4) is 0 Å². The van der Waals surface area contributed by atoms with E-state index in [9.17, 15) is 14.2 Å². The van der Waals surface area contributed by atoms with E-state index >= 15 is 0 Å². The van der Waals surface area contributed by atoms with Crippen molar-refractivity contribution in [2.24, 2.45) is 34.5 Å². The van der Waals surface area contributed by atoms with Crippen LogP contribution in [0.25, 0.3) is 0 Å². The zero-order chi connectivity index (χ0) is 22.6. The van der Waals surface area contributed by atoms with E-state index in [2.05, 4.69) is 13.8 Å². The first kappa shape index (κ1) is 23.4. The van der Waals surface area contributed by atoms with Crippen molar-refractivity contribution in [1.82, 2.24) is 0 Å². The summed E-state index contributed by atoms with van der Waals surface area (Å²) < 4.78 is 25.4. The third-order valence-electron chi connectivity index (χ3n) is 9.45. The van der Waals surface area contributed by atoms with E-state index in [0.717, 1.165) is 38.5 Å². The second kappa shape index (κ2) is 8.22. The van der Waals surface area contributed by atoms with Gasteiger partial charge < -0.3 is 9.05 Å². The van der Waals surface area contributed by atoms with Crippen LogP contribution in [0.4, 0.5) is 0 Å². The predicted octanol–water partition coefficient (Wildman–Crippen LogP) is 5.97. The highest BCUT2D eigenvalue weighted by molar-refractivity contribution is 7.54. The molecule has 1 unspecified atom stereocenters. The number of carbonyl (C=O) groups is 2. The van der Waals surface area contributed by atoms with Gasteiger partial charge in [-0.2, -0.15) is 0 Å². The Labute approximate surface area is 187 Å². The lowest BCUT2D eigenvalue weighted by molar-refractivity contribution is -0.128. The Hall–Kier alpha value is -0.770. The van der Waals surface area contributed by atoms with Gasteiger partial charge in [0, 0.05) is 12.3 Å². The van der Waals surface area contributed by atoms with Crippen LogP contribution in [0.15, 0.2) is 11.6 Å². The molecule has 4 rings (SSSR count). The highest BCUT2D eigenvalue weighted by Gasteiger charge is 2.65. The Balaban J connectivity index is 1.71. The summed E-state index contributed by atoms with van der Waals surface area (Å²) in [6.07, 6.45) is 8.34. The molecule has 7 atom stereocenters. The van der Waals surface area contributed by atoms with Crippen molar-refractivity contribution in [1.29, 1.82) is 0 Å². The quantitative estimate of drug-likeness (QED) is 0.467. The van der Waals surface area contributed by atoms with Crippen molar-refractivity contribution in [2.75, 3.05) is 13.2 Å². The zero-order valence-electron chi connectivity index (χ0n) is 19.8. The van der Waals surface area contributed by atoms with Crippen molar-refractivity contribution in [3.63, 3.8) is 0 Å². The second-order valence-corrected chi connectivity index (χ2v) is 13.0. The molecular formula is C25H39O5P. The summed E-state index contributed by atoms with van der Waals surface area (Å²) in [4.78, 5) is 25.1. The van der Waals surface area contributed by atoms with Crippen molar-refractivity contribution in [3.05, 3.63) is 11.6 Å². The van der Waals surface area contributed by atoms with Gasteiger partial charge in [0.1, 0.15) is 5.78 Å². The topological polar surface area (TPSA) is 69.7 Å². The van der Waals surface area contributed by atoms with Gasteiger partial charge in [-0.05, 0) is 94.0 Å². The molecule has 5 nitrogen and oxygen atoms in total. The van der Waals surface area contributed by atoms with E-state index in [0.29, 0.717) is 37.4 Å². The molecule has 0 radical (unpaired) electrons. The number of carbonyl (C=O) groups excluding carboxylic acids is 2. The van der Waals surface area contributed by atoms with Gasteiger partial charge in [0.15, 0.2) is 5.78 Å². The lowest BCUT2D eigenvalue weighted by Gasteiger charge is -2.58. The van der Waals surface area contributed by atoms with Gasteiger partial charge in [0.2, 0.25) is 0 Å². The van der Waals surface area contributed by atoms with E-state index < -0.39 is 7.60 Å². The molecule has 4 aliphatic rings. The number of ketones is 2. The van der Waals surface area contributed by atoms with Crippen LogP contribution in [0.5, 0.6) is 0 Å². The summed E-state index contributed by atoms with van der Waals surface area (Å²) in [6, 6.07) is 0. The van der Waals surface area contributed by atoms with Gasteiger partial charge in [-0.1, -0.05) is 19.4 Å². The van der Waals surface area contributed by atoms with Gasteiger partial charge in [-0.3, -0.25) is 14.2 Å². The average Bonchev–Trinajstić information content (AvgIpc) is 3.03. The fraction of sp³-hybridized carbons (Fsp3) is 0.840. The fourth-order valence-electron chi connectivity index (χ4n) is 8.21. The van der Waals surface area contributed by atoms with E-state index in [-0.39, 0.29) is 34.0 Å². The molecule has 3 fully saturated rings. The molecule has 0 heterocycles. The first-order valence-corrected chi connectivity index (χ1v) is 13.8. The molecular weight excluding hydrogens is 411 g/mol. The maximum atomic E-state index is 13.9.